The minimum atomic E-state index is -1.37. The van der Waals surface area contributed by atoms with Crippen molar-refractivity contribution in [1.82, 2.24) is 9.55 Å². The van der Waals surface area contributed by atoms with E-state index in [2.05, 4.69) is 11.3 Å². The minimum absolute atomic E-state index is 0.0252. The Labute approximate surface area is 169 Å². The summed E-state index contributed by atoms with van der Waals surface area (Å²) in [5.74, 6) is 0.845. The molecule has 1 atom stereocenters. The van der Waals surface area contributed by atoms with Crippen LogP contribution < -0.4 is 5.56 Å². The average Bonchev–Trinajstić information content (AvgIpc) is 3.04. The summed E-state index contributed by atoms with van der Waals surface area (Å²) >= 11 is 0. The summed E-state index contributed by atoms with van der Waals surface area (Å²) in [5, 5.41) is 0.596. The molecule has 1 saturated carbocycles. The lowest BCUT2D eigenvalue weighted by Crippen LogP contribution is -2.32. The third kappa shape index (κ3) is 3.71. The van der Waals surface area contributed by atoms with Gasteiger partial charge in [0.2, 0.25) is 0 Å². The third-order valence-corrected chi connectivity index (χ3v) is 7.19. The molecule has 0 amide bonds. The third-order valence-electron chi connectivity index (χ3n) is 5.71. The first-order valence-corrected chi connectivity index (χ1v) is 11.0. The van der Waals surface area contributed by atoms with Crippen molar-refractivity contribution in [1.29, 1.82) is 0 Å². The quantitative estimate of drug-likeness (QED) is 0.719. The van der Waals surface area contributed by atoms with Crippen LogP contribution in [0, 0.1) is 6.92 Å². The zero-order valence-electron chi connectivity index (χ0n) is 18.0. The molecular weight excluding hydrogens is 370 g/mol. The van der Waals surface area contributed by atoms with Gasteiger partial charge in [0.25, 0.3) is 5.56 Å². The van der Waals surface area contributed by atoms with Gasteiger partial charge in [0.15, 0.2) is 0 Å². The van der Waals surface area contributed by atoms with Crippen LogP contribution in [0.2, 0.25) is 0 Å². The summed E-state index contributed by atoms with van der Waals surface area (Å²) in [7, 11) is 0.459. The molecule has 0 aliphatic heterocycles. The number of nitrogens with zero attached hydrogens (tertiary/aromatic N) is 3. The second kappa shape index (κ2) is 7.21. The van der Waals surface area contributed by atoms with Crippen molar-refractivity contribution in [3.63, 3.8) is 0 Å². The predicted molar refractivity (Wildman–Crippen MR) is 118 cm³/mol. The molecule has 0 unspecified atom stereocenters. The Balaban J connectivity index is 2.29. The Morgan fingerprint density at radius 1 is 1.25 bits per heavy atom. The highest BCUT2D eigenvalue weighted by atomic mass is 32.2. The predicted octanol–water partition coefficient (Wildman–Crippen LogP) is 4.34. The van der Waals surface area contributed by atoms with Crippen LogP contribution in [0.3, 0.4) is 0 Å². The standard InChI is InChI=1S/C22H31N3O2S/c1-14-12-16(15(2)24-28(27)21(3,4)5)18-17(13-14)19(26)25(7)20(23-18)22(6)10-8-9-11-22/h12-13H,8-11H2,1-7H3/b24-15-/t28-/m1/s1. The van der Waals surface area contributed by atoms with E-state index in [-0.39, 0.29) is 11.0 Å². The maximum Gasteiger partial charge on any atom is 0.261 e. The van der Waals surface area contributed by atoms with Gasteiger partial charge in [-0.1, -0.05) is 19.8 Å². The Morgan fingerprint density at radius 2 is 1.86 bits per heavy atom. The van der Waals surface area contributed by atoms with E-state index < -0.39 is 15.7 Å². The number of aryl methyl sites for hydroxylation is 1. The molecule has 0 radical (unpaired) electrons. The molecule has 5 nitrogen and oxygen atoms in total. The summed E-state index contributed by atoms with van der Waals surface area (Å²) in [4.78, 5) is 18.2. The van der Waals surface area contributed by atoms with Crippen molar-refractivity contribution in [3.05, 3.63) is 39.4 Å². The molecule has 3 rings (SSSR count). The fourth-order valence-corrected chi connectivity index (χ4v) is 4.65. The van der Waals surface area contributed by atoms with Gasteiger partial charge in [-0.25, -0.2) is 9.19 Å². The second-order valence-corrected chi connectivity index (χ2v) is 11.2. The maximum atomic E-state index is 13.2. The van der Waals surface area contributed by atoms with Crippen molar-refractivity contribution in [3.8, 4) is 0 Å². The lowest BCUT2D eigenvalue weighted by atomic mass is 9.87. The highest BCUT2D eigenvalue weighted by Gasteiger charge is 2.35. The van der Waals surface area contributed by atoms with Gasteiger partial charge < -0.3 is 0 Å². The van der Waals surface area contributed by atoms with E-state index >= 15 is 0 Å². The molecule has 0 N–H and O–H groups in total. The minimum Gasteiger partial charge on any atom is -0.299 e. The van der Waals surface area contributed by atoms with Crippen molar-refractivity contribution in [2.24, 2.45) is 11.4 Å². The van der Waals surface area contributed by atoms with Crippen LogP contribution in [-0.2, 0) is 23.4 Å². The normalized spacial score (nSPS) is 18.6. The van der Waals surface area contributed by atoms with Crippen LogP contribution in [0.25, 0.3) is 10.9 Å². The lowest BCUT2D eigenvalue weighted by molar-refractivity contribution is 0.435. The molecule has 0 bridgehead atoms. The fraction of sp³-hybridized carbons (Fsp3) is 0.591. The molecule has 1 fully saturated rings. The zero-order valence-corrected chi connectivity index (χ0v) is 18.9. The molecule has 1 aromatic heterocycles. The second-order valence-electron chi connectivity index (χ2n) is 9.31. The Morgan fingerprint density at radius 3 is 2.43 bits per heavy atom. The number of hydrogen-bond acceptors (Lipinski definition) is 3. The highest BCUT2D eigenvalue weighted by molar-refractivity contribution is 7.85. The largest absolute Gasteiger partial charge is 0.299 e. The summed E-state index contributed by atoms with van der Waals surface area (Å²) in [6.45, 7) is 11.7. The number of fused-ring (bicyclic) bond motifs is 1. The smallest absolute Gasteiger partial charge is 0.261 e. The molecular formula is C22H31N3O2S. The van der Waals surface area contributed by atoms with Crippen molar-refractivity contribution < 1.29 is 4.21 Å². The Hall–Kier alpha value is -1.82. The van der Waals surface area contributed by atoms with E-state index in [4.69, 9.17) is 4.98 Å². The first-order valence-electron chi connectivity index (χ1n) is 9.93. The summed E-state index contributed by atoms with van der Waals surface area (Å²) in [6, 6.07) is 3.89. The summed E-state index contributed by atoms with van der Waals surface area (Å²) in [6.07, 6.45) is 4.41. The zero-order chi connectivity index (χ0) is 20.9. The molecule has 1 aliphatic rings. The summed E-state index contributed by atoms with van der Waals surface area (Å²) in [5.41, 5.74) is 2.99. The van der Waals surface area contributed by atoms with Gasteiger partial charge in [-0.15, -0.1) is 0 Å². The van der Waals surface area contributed by atoms with Crippen LogP contribution in [-0.4, -0.2) is 24.2 Å². The van der Waals surface area contributed by atoms with Crippen LogP contribution >= 0.6 is 0 Å². The Kier molecular flexibility index (Phi) is 5.38. The van der Waals surface area contributed by atoms with E-state index in [1.54, 1.807) is 4.57 Å². The van der Waals surface area contributed by atoms with E-state index in [0.29, 0.717) is 16.6 Å². The van der Waals surface area contributed by atoms with Gasteiger partial charge >= 0.3 is 0 Å². The highest BCUT2D eigenvalue weighted by Crippen LogP contribution is 2.39. The molecule has 28 heavy (non-hydrogen) atoms. The molecule has 1 aromatic carbocycles. The van der Waals surface area contributed by atoms with E-state index in [9.17, 15) is 9.00 Å². The monoisotopic (exact) mass is 401 g/mol. The van der Waals surface area contributed by atoms with Crippen LogP contribution in [0.15, 0.2) is 21.3 Å². The van der Waals surface area contributed by atoms with Crippen molar-refractivity contribution >= 4 is 27.6 Å². The van der Waals surface area contributed by atoms with Gasteiger partial charge in [-0.05, 0) is 65.2 Å². The van der Waals surface area contributed by atoms with Crippen LogP contribution in [0.5, 0.6) is 0 Å². The maximum absolute atomic E-state index is 13.2. The molecule has 152 valence electrons. The summed E-state index contributed by atoms with van der Waals surface area (Å²) < 4.78 is 18.3. The average molecular weight is 402 g/mol. The molecule has 0 spiro atoms. The molecule has 2 aromatic rings. The number of hydrogen-bond donors (Lipinski definition) is 0. The SMILES string of the molecule is C/C(=N/[S@](=O)C(C)(C)C)c1cc(C)cc2c(=O)n(C)c(C3(C)CCCC3)nc12. The van der Waals surface area contributed by atoms with Gasteiger partial charge in [-0.3, -0.25) is 9.36 Å². The lowest BCUT2D eigenvalue weighted by Gasteiger charge is -2.26. The van der Waals surface area contributed by atoms with E-state index in [0.717, 1.165) is 42.6 Å². The van der Waals surface area contributed by atoms with Crippen molar-refractivity contribution in [2.45, 2.75) is 77.4 Å². The first kappa shape index (κ1) is 20.9. The van der Waals surface area contributed by atoms with Gasteiger partial charge in [0.05, 0.1) is 21.4 Å². The fourth-order valence-electron chi connectivity index (χ4n) is 4.03. The Bertz CT molecular complexity index is 1040. The van der Waals surface area contributed by atoms with Gasteiger partial charge in [-0.2, -0.15) is 4.40 Å². The molecule has 6 heteroatoms. The first-order chi connectivity index (χ1) is 12.9. The van der Waals surface area contributed by atoms with Gasteiger partial charge in [0.1, 0.15) is 16.8 Å². The molecule has 0 saturated heterocycles. The number of aromatic nitrogens is 2. The number of benzene rings is 1. The van der Waals surface area contributed by atoms with E-state index in [1.165, 1.54) is 0 Å². The molecule has 1 heterocycles. The number of rotatable bonds is 3. The van der Waals surface area contributed by atoms with Crippen molar-refractivity contribution in [2.75, 3.05) is 0 Å². The molecule has 1 aliphatic carbocycles. The van der Waals surface area contributed by atoms with E-state index in [1.807, 2.05) is 53.8 Å². The van der Waals surface area contributed by atoms with Crippen LogP contribution in [0.1, 0.15) is 77.3 Å². The topological polar surface area (TPSA) is 64.3 Å². The van der Waals surface area contributed by atoms with Gasteiger partial charge in [0, 0.05) is 18.0 Å². The van der Waals surface area contributed by atoms with Crippen LogP contribution in [0.4, 0.5) is 0 Å².